The lowest BCUT2D eigenvalue weighted by Gasteiger charge is -2.28. The fraction of sp³-hybridized carbons (Fsp3) is 0.273. The third-order valence-corrected chi connectivity index (χ3v) is 4.36. The van der Waals surface area contributed by atoms with Gasteiger partial charge >= 0.3 is 0 Å². The largest absolute Gasteiger partial charge is 0.355 e. The quantitative estimate of drug-likeness (QED) is 0.629. The Bertz CT molecular complexity index is 803. The summed E-state index contributed by atoms with van der Waals surface area (Å²) < 4.78 is 0. The van der Waals surface area contributed by atoms with E-state index >= 15 is 0 Å². The molecule has 3 rings (SSSR count). The van der Waals surface area contributed by atoms with Crippen molar-refractivity contribution in [2.75, 3.05) is 16.8 Å². The maximum atomic E-state index is 4.83. The summed E-state index contributed by atoms with van der Waals surface area (Å²) in [5.74, 6) is 1.69. The van der Waals surface area contributed by atoms with Gasteiger partial charge in [-0.15, -0.1) is 0 Å². The fourth-order valence-electron chi connectivity index (χ4n) is 2.89. The number of aromatic nitrogens is 2. The van der Waals surface area contributed by atoms with Gasteiger partial charge in [0.1, 0.15) is 5.82 Å². The van der Waals surface area contributed by atoms with E-state index in [4.69, 9.17) is 4.98 Å². The summed E-state index contributed by atoms with van der Waals surface area (Å²) in [5, 5.41) is 0. The van der Waals surface area contributed by atoms with Gasteiger partial charge in [-0.05, 0) is 31.0 Å². The molecule has 1 aromatic heterocycles. The first-order chi connectivity index (χ1) is 12.6. The Morgan fingerprint density at radius 2 is 1.38 bits per heavy atom. The van der Waals surface area contributed by atoms with E-state index in [1.807, 2.05) is 24.4 Å². The van der Waals surface area contributed by atoms with E-state index in [-0.39, 0.29) is 0 Å². The van der Waals surface area contributed by atoms with Gasteiger partial charge in [-0.25, -0.2) is 4.98 Å². The normalized spacial score (nSPS) is 10.8. The van der Waals surface area contributed by atoms with E-state index in [1.165, 1.54) is 11.1 Å². The molecule has 0 radical (unpaired) electrons. The van der Waals surface area contributed by atoms with Crippen molar-refractivity contribution in [1.29, 1.82) is 0 Å². The molecule has 4 heteroatoms. The smallest absolute Gasteiger partial charge is 0.227 e. The molecule has 0 unspecified atom stereocenters. The molecule has 0 saturated carbocycles. The summed E-state index contributed by atoms with van der Waals surface area (Å²) in [6.45, 7) is 5.96. The van der Waals surface area contributed by atoms with Crippen molar-refractivity contribution in [1.82, 2.24) is 9.97 Å². The Kier molecular flexibility index (Phi) is 5.84. The predicted octanol–water partition coefficient (Wildman–Crippen LogP) is 4.53. The van der Waals surface area contributed by atoms with Crippen LogP contribution in [0.5, 0.6) is 0 Å². The molecule has 0 aliphatic carbocycles. The Hall–Kier alpha value is -2.88. The molecule has 0 spiro atoms. The molecule has 0 bridgehead atoms. The van der Waals surface area contributed by atoms with Gasteiger partial charge in [0.25, 0.3) is 0 Å². The van der Waals surface area contributed by atoms with Crippen LogP contribution in [0.1, 0.15) is 25.0 Å². The molecule has 0 amide bonds. The standard InChI is InChI=1S/C22H26N4/c1-18(2)26(17-20-12-8-5-9-13-20)22-23-15-14-21(24-22)25(3)16-19-10-6-4-7-11-19/h4-15,18H,16-17H2,1-3H3. The molecule has 4 nitrogen and oxygen atoms in total. The average molecular weight is 346 g/mol. The molecule has 3 aromatic rings. The molecule has 0 N–H and O–H groups in total. The molecule has 2 aromatic carbocycles. The van der Waals surface area contributed by atoms with Gasteiger partial charge in [0.15, 0.2) is 0 Å². The van der Waals surface area contributed by atoms with Crippen LogP contribution in [0.3, 0.4) is 0 Å². The summed E-state index contributed by atoms with van der Waals surface area (Å²) in [4.78, 5) is 13.7. The molecule has 26 heavy (non-hydrogen) atoms. The Labute approximate surface area is 156 Å². The van der Waals surface area contributed by atoms with Crippen molar-refractivity contribution < 1.29 is 0 Å². The van der Waals surface area contributed by atoms with Crippen LogP contribution < -0.4 is 9.80 Å². The zero-order chi connectivity index (χ0) is 18.4. The van der Waals surface area contributed by atoms with Crippen molar-refractivity contribution >= 4 is 11.8 Å². The summed E-state index contributed by atoms with van der Waals surface area (Å²) in [5.41, 5.74) is 2.52. The van der Waals surface area contributed by atoms with Crippen LogP contribution in [0.4, 0.5) is 11.8 Å². The van der Waals surface area contributed by atoms with Crippen molar-refractivity contribution in [3.05, 3.63) is 84.1 Å². The van der Waals surface area contributed by atoms with Gasteiger partial charge in [-0.3, -0.25) is 0 Å². The Balaban J connectivity index is 1.79. The number of rotatable bonds is 7. The van der Waals surface area contributed by atoms with Crippen LogP contribution in [0, 0.1) is 0 Å². The summed E-state index contributed by atoms with van der Waals surface area (Å²) >= 11 is 0. The maximum absolute atomic E-state index is 4.83. The van der Waals surface area contributed by atoms with Crippen LogP contribution in [-0.4, -0.2) is 23.1 Å². The van der Waals surface area contributed by atoms with E-state index in [2.05, 4.69) is 84.2 Å². The Morgan fingerprint density at radius 1 is 0.808 bits per heavy atom. The maximum Gasteiger partial charge on any atom is 0.227 e. The molecular weight excluding hydrogens is 320 g/mol. The first kappa shape index (κ1) is 17.9. The second-order valence-corrected chi connectivity index (χ2v) is 6.76. The van der Waals surface area contributed by atoms with Gasteiger partial charge in [0, 0.05) is 32.4 Å². The summed E-state index contributed by atoms with van der Waals surface area (Å²) in [7, 11) is 2.07. The number of nitrogens with zero attached hydrogens (tertiary/aromatic N) is 4. The van der Waals surface area contributed by atoms with Gasteiger partial charge in [-0.2, -0.15) is 4.98 Å². The fourth-order valence-corrected chi connectivity index (χ4v) is 2.89. The van der Waals surface area contributed by atoms with E-state index in [0.29, 0.717) is 6.04 Å². The van der Waals surface area contributed by atoms with E-state index < -0.39 is 0 Å². The van der Waals surface area contributed by atoms with Crippen LogP contribution in [0.25, 0.3) is 0 Å². The number of benzene rings is 2. The lowest BCUT2D eigenvalue weighted by molar-refractivity contribution is 0.659. The van der Waals surface area contributed by atoms with Crippen molar-refractivity contribution in [2.24, 2.45) is 0 Å². The average Bonchev–Trinajstić information content (AvgIpc) is 2.67. The van der Waals surface area contributed by atoms with Crippen LogP contribution in [-0.2, 0) is 13.1 Å². The minimum Gasteiger partial charge on any atom is -0.355 e. The zero-order valence-corrected chi connectivity index (χ0v) is 15.7. The molecule has 0 atom stereocenters. The second kappa shape index (κ2) is 8.48. The van der Waals surface area contributed by atoms with Gasteiger partial charge < -0.3 is 9.80 Å². The SMILES string of the molecule is CC(C)N(Cc1ccccc1)c1nccc(N(C)Cc2ccccc2)n1. The first-order valence-corrected chi connectivity index (χ1v) is 9.02. The summed E-state index contributed by atoms with van der Waals surface area (Å²) in [6, 6.07) is 23.2. The van der Waals surface area contributed by atoms with Crippen LogP contribution in [0.15, 0.2) is 72.9 Å². The van der Waals surface area contributed by atoms with E-state index in [1.54, 1.807) is 0 Å². The highest BCUT2D eigenvalue weighted by atomic mass is 15.3. The molecule has 134 valence electrons. The van der Waals surface area contributed by atoms with Crippen LogP contribution in [0.2, 0.25) is 0 Å². The molecule has 1 heterocycles. The summed E-state index contributed by atoms with van der Waals surface area (Å²) in [6.07, 6.45) is 1.85. The number of hydrogen-bond donors (Lipinski definition) is 0. The predicted molar refractivity (Wildman–Crippen MR) is 108 cm³/mol. The first-order valence-electron chi connectivity index (χ1n) is 9.02. The molecule has 0 saturated heterocycles. The lowest BCUT2D eigenvalue weighted by Crippen LogP contribution is -2.32. The topological polar surface area (TPSA) is 32.3 Å². The van der Waals surface area contributed by atoms with E-state index in [0.717, 1.165) is 24.9 Å². The molecule has 0 aliphatic heterocycles. The van der Waals surface area contributed by atoms with Crippen molar-refractivity contribution in [3.8, 4) is 0 Å². The van der Waals surface area contributed by atoms with E-state index in [9.17, 15) is 0 Å². The van der Waals surface area contributed by atoms with Gasteiger partial charge in [0.2, 0.25) is 5.95 Å². The molecule has 0 aliphatic rings. The highest BCUT2D eigenvalue weighted by Crippen LogP contribution is 2.20. The lowest BCUT2D eigenvalue weighted by atomic mass is 10.2. The third-order valence-electron chi connectivity index (χ3n) is 4.36. The third kappa shape index (κ3) is 4.60. The second-order valence-electron chi connectivity index (χ2n) is 6.76. The molecule has 0 fully saturated rings. The molecular formula is C22H26N4. The van der Waals surface area contributed by atoms with Crippen LogP contribution >= 0.6 is 0 Å². The van der Waals surface area contributed by atoms with Crippen molar-refractivity contribution in [3.63, 3.8) is 0 Å². The minimum absolute atomic E-state index is 0.310. The van der Waals surface area contributed by atoms with Gasteiger partial charge in [0.05, 0.1) is 0 Å². The van der Waals surface area contributed by atoms with Crippen molar-refractivity contribution in [2.45, 2.75) is 33.0 Å². The number of hydrogen-bond acceptors (Lipinski definition) is 4. The highest BCUT2D eigenvalue weighted by molar-refractivity contribution is 5.44. The Morgan fingerprint density at radius 3 is 1.96 bits per heavy atom. The minimum atomic E-state index is 0.310. The monoisotopic (exact) mass is 346 g/mol. The highest BCUT2D eigenvalue weighted by Gasteiger charge is 2.15. The zero-order valence-electron chi connectivity index (χ0n) is 15.7. The number of anilines is 2. The van der Waals surface area contributed by atoms with Gasteiger partial charge in [-0.1, -0.05) is 60.7 Å².